The van der Waals surface area contributed by atoms with E-state index >= 15 is 0 Å². The zero-order valence-corrected chi connectivity index (χ0v) is 12.6. The van der Waals surface area contributed by atoms with Crippen LogP contribution < -0.4 is 0 Å². The van der Waals surface area contributed by atoms with Crippen molar-refractivity contribution in [2.75, 3.05) is 13.2 Å². The van der Waals surface area contributed by atoms with E-state index in [4.69, 9.17) is 8.85 Å². The van der Waals surface area contributed by atoms with Gasteiger partial charge in [0.1, 0.15) is 0 Å². The van der Waals surface area contributed by atoms with Gasteiger partial charge in [-0.25, -0.2) is 0 Å². The van der Waals surface area contributed by atoms with Crippen LogP contribution in [0.25, 0.3) is 0 Å². The minimum atomic E-state index is -2.13. The van der Waals surface area contributed by atoms with Crippen LogP contribution in [0.15, 0.2) is 12.3 Å². The van der Waals surface area contributed by atoms with E-state index in [1.54, 1.807) is 0 Å². The fourth-order valence-corrected chi connectivity index (χ4v) is 4.11. The van der Waals surface area contributed by atoms with Crippen molar-refractivity contribution >= 4 is 8.56 Å². The summed E-state index contributed by atoms with van der Waals surface area (Å²) in [5.74, 6) is 1.10. The lowest BCUT2D eigenvalue weighted by molar-refractivity contribution is 0.147. The predicted molar refractivity (Wildman–Crippen MR) is 72.6 cm³/mol. The summed E-state index contributed by atoms with van der Waals surface area (Å²) in [6, 6.07) is 1.01. The molecule has 0 radical (unpaired) electrons. The minimum Gasteiger partial charge on any atom is -0.391 e. The first-order valence-corrected chi connectivity index (χ1v) is 8.47. The van der Waals surface area contributed by atoms with Crippen LogP contribution in [-0.4, -0.2) is 21.8 Å². The maximum atomic E-state index is 6.03. The van der Waals surface area contributed by atoms with Crippen LogP contribution in [0.1, 0.15) is 41.0 Å². The van der Waals surface area contributed by atoms with E-state index in [0.29, 0.717) is 11.8 Å². The van der Waals surface area contributed by atoms with E-state index in [2.05, 4.69) is 41.2 Å². The standard InChI is InChI=1S/C13H28O2Si/c1-7-9-16(8-2,14-10-12(3)4)15-11-13(5)6/h8,12-13H,2,7,9-11H2,1,3-6H3. The summed E-state index contributed by atoms with van der Waals surface area (Å²) in [5, 5.41) is 0. The molecule has 3 heteroatoms. The number of rotatable bonds is 9. The number of hydrogen-bond acceptors (Lipinski definition) is 2. The highest BCUT2D eigenvalue weighted by atomic mass is 28.4. The molecule has 0 saturated heterocycles. The molecule has 0 heterocycles. The summed E-state index contributed by atoms with van der Waals surface area (Å²) >= 11 is 0. The van der Waals surface area contributed by atoms with Gasteiger partial charge in [-0.05, 0) is 23.6 Å². The van der Waals surface area contributed by atoms with Gasteiger partial charge in [-0.3, -0.25) is 0 Å². The fraction of sp³-hybridized carbons (Fsp3) is 0.846. The van der Waals surface area contributed by atoms with E-state index < -0.39 is 8.56 Å². The first kappa shape index (κ1) is 15.9. The van der Waals surface area contributed by atoms with Gasteiger partial charge >= 0.3 is 8.56 Å². The molecule has 0 amide bonds. The lowest BCUT2D eigenvalue weighted by atomic mass is 10.2. The molecule has 0 saturated carbocycles. The summed E-state index contributed by atoms with van der Waals surface area (Å²) in [6.45, 7) is 16.3. The Morgan fingerprint density at radius 3 is 1.75 bits per heavy atom. The smallest absolute Gasteiger partial charge is 0.364 e. The van der Waals surface area contributed by atoms with Crippen LogP contribution in [0.5, 0.6) is 0 Å². The Kier molecular flexibility index (Phi) is 7.98. The monoisotopic (exact) mass is 244 g/mol. The van der Waals surface area contributed by atoms with E-state index in [0.717, 1.165) is 25.7 Å². The van der Waals surface area contributed by atoms with Gasteiger partial charge in [0.25, 0.3) is 0 Å². The Balaban J connectivity index is 4.37. The summed E-state index contributed by atoms with van der Waals surface area (Å²) < 4.78 is 12.1. The van der Waals surface area contributed by atoms with E-state index in [-0.39, 0.29) is 0 Å². The Bertz CT molecular complexity index is 178. The van der Waals surface area contributed by atoms with Crippen molar-refractivity contribution in [2.45, 2.75) is 47.1 Å². The zero-order valence-electron chi connectivity index (χ0n) is 11.6. The summed E-state index contributed by atoms with van der Waals surface area (Å²) in [4.78, 5) is 0. The molecule has 0 spiro atoms. The first-order valence-electron chi connectivity index (χ1n) is 6.37. The highest BCUT2D eigenvalue weighted by molar-refractivity contribution is 6.72. The Labute approximate surface area is 102 Å². The van der Waals surface area contributed by atoms with Gasteiger partial charge in [-0.2, -0.15) is 0 Å². The highest BCUT2D eigenvalue weighted by Gasteiger charge is 2.33. The van der Waals surface area contributed by atoms with Crippen molar-refractivity contribution in [3.63, 3.8) is 0 Å². The second kappa shape index (κ2) is 8.04. The van der Waals surface area contributed by atoms with Gasteiger partial charge in [0.05, 0.1) is 0 Å². The molecule has 0 N–H and O–H groups in total. The predicted octanol–water partition coefficient (Wildman–Crippen LogP) is 3.91. The molecule has 0 aromatic rings. The quantitative estimate of drug-likeness (QED) is 0.573. The second-order valence-electron chi connectivity index (χ2n) is 5.18. The minimum absolute atomic E-state index is 0.548. The topological polar surface area (TPSA) is 18.5 Å². The molecular formula is C13H28O2Si. The van der Waals surface area contributed by atoms with Crippen LogP contribution in [0.3, 0.4) is 0 Å². The molecule has 0 unspecified atom stereocenters. The fourth-order valence-electron chi connectivity index (χ4n) is 1.37. The maximum Gasteiger partial charge on any atom is 0.364 e. The van der Waals surface area contributed by atoms with Crippen molar-refractivity contribution in [1.29, 1.82) is 0 Å². The van der Waals surface area contributed by atoms with Crippen molar-refractivity contribution < 1.29 is 8.85 Å². The molecule has 0 aliphatic rings. The third-order valence-corrected chi connectivity index (χ3v) is 5.36. The molecular weight excluding hydrogens is 216 g/mol. The summed E-state index contributed by atoms with van der Waals surface area (Å²) in [6.07, 6.45) is 1.09. The van der Waals surface area contributed by atoms with Crippen molar-refractivity contribution in [2.24, 2.45) is 11.8 Å². The molecule has 0 aliphatic carbocycles. The Hall–Kier alpha value is -0.123. The zero-order chi connectivity index (χ0) is 12.6. The maximum absolute atomic E-state index is 6.03. The normalized spacial score (nSPS) is 12.4. The molecule has 2 nitrogen and oxygen atoms in total. The molecule has 0 rings (SSSR count). The van der Waals surface area contributed by atoms with Crippen LogP contribution in [0.4, 0.5) is 0 Å². The summed E-state index contributed by atoms with van der Waals surface area (Å²) in [5.41, 5.74) is 1.95. The molecule has 0 aromatic carbocycles. The average Bonchev–Trinajstić information content (AvgIpc) is 2.22. The van der Waals surface area contributed by atoms with Crippen LogP contribution in [0, 0.1) is 11.8 Å². The van der Waals surface area contributed by atoms with Crippen LogP contribution in [-0.2, 0) is 8.85 Å². The van der Waals surface area contributed by atoms with Crippen LogP contribution in [0.2, 0.25) is 6.04 Å². The largest absolute Gasteiger partial charge is 0.391 e. The van der Waals surface area contributed by atoms with Gasteiger partial charge in [-0.15, -0.1) is 6.58 Å². The van der Waals surface area contributed by atoms with Gasteiger partial charge in [0.2, 0.25) is 0 Å². The van der Waals surface area contributed by atoms with Gasteiger partial charge in [0.15, 0.2) is 0 Å². The van der Waals surface area contributed by atoms with E-state index in [1.165, 1.54) is 0 Å². The summed E-state index contributed by atoms with van der Waals surface area (Å²) in [7, 11) is -2.13. The molecule has 0 aliphatic heterocycles. The second-order valence-corrected chi connectivity index (χ2v) is 8.28. The lowest BCUT2D eigenvalue weighted by Crippen LogP contribution is -2.42. The molecule has 96 valence electrons. The van der Waals surface area contributed by atoms with Crippen LogP contribution >= 0.6 is 0 Å². The first-order chi connectivity index (χ1) is 7.45. The van der Waals surface area contributed by atoms with E-state index in [1.807, 2.05) is 5.70 Å². The van der Waals surface area contributed by atoms with Gasteiger partial charge < -0.3 is 8.85 Å². The highest BCUT2D eigenvalue weighted by Crippen LogP contribution is 2.19. The molecule has 0 bridgehead atoms. The van der Waals surface area contributed by atoms with Gasteiger partial charge in [-0.1, -0.05) is 41.0 Å². The third-order valence-electron chi connectivity index (χ3n) is 2.23. The lowest BCUT2D eigenvalue weighted by Gasteiger charge is -2.29. The van der Waals surface area contributed by atoms with Crippen molar-refractivity contribution in [3.05, 3.63) is 12.3 Å². The molecule has 0 fully saturated rings. The van der Waals surface area contributed by atoms with Crippen molar-refractivity contribution in [3.8, 4) is 0 Å². The third kappa shape index (κ3) is 6.46. The van der Waals surface area contributed by atoms with E-state index in [9.17, 15) is 0 Å². The SMILES string of the molecule is C=C[Si](CCC)(OCC(C)C)OCC(C)C. The van der Waals surface area contributed by atoms with Crippen molar-refractivity contribution in [1.82, 2.24) is 0 Å². The molecule has 16 heavy (non-hydrogen) atoms. The van der Waals surface area contributed by atoms with Gasteiger partial charge in [0, 0.05) is 13.2 Å². The Morgan fingerprint density at radius 1 is 1.06 bits per heavy atom. The average molecular weight is 244 g/mol. The molecule has 0 aromatic heterocycles. The number of hydrogen-bond donors (Lipinski definition) is 0. The Morgan fingerprint density at radius 2 is 1.50 bits per heavy atom. The molecule has 0 atom stereocenters.